The molecule has 0 aromatic rings. The van der Waals surface area contributed by atoms with E-state index >= 15 is 0 Å². The lowest BCUT2D eigenvalue weighted by Crippen LogP contribution is -2.21. The minimum absolute atomic E-state index is 0.316. The topological polar surface area (TPSA) is 63.6 Å². The molecule has 0 amide bonds. The Kier molecular flexibility index (Phi) is 4.44. The van der Waals surface area contributed by atoms with Crippen molar-refractivity contribution in [2.75, 3.05) is 12.4 Å². The van der Waals surface area contributed by atoms with Gasteiger partial charge in [0.25, 0.3) is 10.1 Å². The molecule has 0 spiro atoms. The number of rotatable bonds is 5. The molecule has 0 bridgehead atoms. The maximum absolute atomic E-state index is 10.3. The van der Waals surface area contributed by atoms with E-state index in [1.54, 1.807) is 13.8 Å². The Morgan fingerprint density at radius 2 is 2.17 bits per heavy atom. The molecule has 0 radical (unpaired) electrons. The van der Waals surface area contributed by atoms with Gasteiger partial charge in [0.15, 0.2) is 0 Å². The maximum atomic E-state index is 10.3. The van der Waals surface area contributed by atoms with Crippen molar-refractivity contribution in [1.29, 1.82) is 0 Å². The largest absolute Gasteiger partial charge is 0.373 e. The molecule has 1 N–H and O–H groups in total. The third-order valence-corrected chi connectivity index (χ3v) is 1.95. The van der Waals surface area contributed by atoms with Crippen molar-refractivity contribution in [2.24, 2.45) is 0 Å². The van der Waals surface area contributed by atoms with E-state index in [0.717, 1.165) is 5.57 Å². The highest BCUT2D eigenvalue weighted by atomic mass is 32.2. The van der Waals surface area contributed by atoms with Gasteiger partial charge < -0.3 is 4.74 Å². The molecule has 5 heteroatoms. The zero-order valence-corrected chi connectivity index (χ0v) is 8.10. The van der Waals surface area contributed by atoms with Crippen molar-refractivity contribution in [1.82, 2.24) is 0 Å². The Morgan fingerprint density at radius 1 is 1.67 bits per heavy atom. The lowest BCUT2D eigenvalue weighted by Gasteiger charge is -2.10. The van der Waals surface area contributed by atoms with Gasteiger partial charge in [0.1, 0.15) is 5.75 Å². The third kappa shape index (κ3) is 7.71. The summed E-state index contributed by atoms with van der Waals surface area (Å²) in [5.74, 6) is -0.375. The molecule has 0 heterocycles. The molecule has 1 unspecified atom stereocenters. The summed E-state index contributed by atoms with van der Waals surface area (Å²) in [7, 11) is -3.93. The SMILES string of the molecule is C=C(C)COC(C)CS(=O)(=O)O. The minimum atomic E-state index is -3.93. The van der Waals surface area contributed by atoms with Crippen LogP contribution in [0.2, 0.25) is 0 Å². The first-order chi connectivity index (χ1) is 5.31. The Balaban J connectivity index is 3.75. The smallest absolute Gasteiger partial charge is 0.267 e. The molecule has 1 atom stereocenters. The van der Waals surface area contributed by atoms with Gasteiger partial charge >= 0.3 is 0 Å². The summed E-state index contributed by atoms with van der Waals surface area (Å²) in [6.45, 7) is 7.26. The second-order valence-electron chi connectivity index (χ2n) is 2.83. The first kappa shape index (κ1) is 11.6. The summed E-state index contributed by atoms with van der Waals surface area (Å²) in [6, 6.07) is 0. The van der Waals surface area contributed by atoms with E-state index in [2.05, 4.69) is 6.58 Å². The van der Waals surface area contributed by atoms with Gasteiger partial charge in [0.05, 0.1) is 12.7 Å². The normalized spacial score (nSPS) is 14.2. The van der Waals surface area contributed by atoms with Gasteiger partial charge in [0.2, 0.25) is 0 Å². The van der Waals surface area contributed by atoms with Crippen LogP contribution >= 0.6 is 0 Å². The molecule has 0 saturated carbocycles. The highest BCUT2D eigenvalue weighted by molar-refractivity contribution is 7.85. The molecule has 0 aliphatic carbocycles. The first-order valence-electron chi connectivity index (χ1n) is 3.52. The molecular weight excluding hydrogens is 180 g/mol. The Bertz CT molecular complexity index is 242. The summed E-state index contributed by atoms with van der Waals surface area (Å²) in [6.07, 6.45) is -0.503. The van der Waals surface area contributed by atoms with Crippen LogP contribution in [0, 0.1) is 0 Å². The van der Waals surface area contributed by atoms with Crippen LogP contribution in [0.4, 0.5) is 0 Å². The summed E-state index contributed by atoms with van der Waals surface area (Å²) < 4.78 is 34.1. The third-order valence-electron chi connectivity index (χ3n) is 1.06. The van der Waals surface area contributed by atoms with Crippen molar-refractivity contribution in [3.63, 3.8) is 0 Å². The fourth-order valence-electron chi connectivity index (χ4n) is 0.629. The zero-order chi connectivity index (χ0) is 9.78. The maximum Gasteiger partial charge on any atom is 0.267 e. The lowest BCUT2D eigenvalue weighted by molar-refractivity contribution is 0.0984. The average molecular weight is 194 g/mol. The van der Waals surface area contributed by atoms with Crippen LogP contribution in [0.3, 0.4) is 0 Å². The predicted molar refractivity (Wildman–Crippen MR) is 46.6 cm³/mol. The van der Waals surface area contributed by atoms with Gasteiger partial charge in [-0.15, -0.1) is 0 Å². The first-order valence-corrected chi connectivity index (χ1v) is 5.13. The van der Waals surface area contributed by atoms with Gasteiger partial charge in [-0.3, -0.25) is 4.55 Å². The molecule has 0 saturated heterocycles. The highest BCUT2D eigenvalue weighted by Gasteiger charge is 2.11. The fraction of sp³-hybridized carbons (Fsp3) is 0.714. The fourth-order valence-corrected chi connectivity index (χ4v) is 1.32. The highest BCUT2D eigenvalue weighted by Crippen LogP contribution is 1.98. The van der Waals surface area contributed by atoms with Gasteiger partial charge in [-0.1, -0.05) is 12.2 Å². The van der Waals surface area contributed by atoms with Crippen LogP contribution in [0.5, 0.6) is 0 Å². The average Bonchev–Trinajstić information content (AvgIpc) is 1.79. The van der Waals surface area contributed by atoms with E-state index in [-0.39, 0.29) is 5.75 Å². The predicted octanol–water partition coefficient (Wildman–Crippen LogP) is 0.855. The van der Waals surface area contributed by atoms with E-state index in [9.17, 15) is 8.42 Å². The zero-order valence-electron chi connectivity index (χ0n) is 7.28. The second kappa shape index (κ2) is 4.59. The monoisotopic (exact) mass is 194 g/mol. The molecule has 72 valence electrons. The molecule has 0 fully saturated rings. The molecular formula is C7H14O4S. The van der Waals surface area contributed by atoms with Crippen LogP contribution in [-0.2, 0) is 14.9 Å². The van der Waals surface area contributed by atoms with Crippen LogP contribution in [0.25, 0.3) is 0 Å². The Morgan fingerprint density at radius 3 is 2.50 bits per heavy atom. The summed E-state index contributed by atoms with van der Waals surface area (Å²) in [5.41, 5.74) is 0.817. The van der Waals surface area contributed by atoms with E-state index < -0.39 is 16.2 Å². The van der Waals surface area contributed by atoms with Crippen LogP contribution in [0.15, 0.2) is 12.2 Å². The van der Waals surface area contributed by atoms with Crippen molar-refractivity contribution < 1.29 is 17.7 Å². The summed E-state index contributed by atoms with van der Waals surface area (Å²) >= 11 is 0. The van der Waals surface area contributed by atoms with Crippen molar-refractivity contribution in [3.8, 4) is 0 Å². The van der Waals surface area contributed by atoms with E-state index in [1.807, 2.05) is 0 Å². The second-order valence-corrected chi connectivity index (χ2v) is 4.32. The van der Waals surface area contributed by atoms with Crippen molar-refractivity contribution in [2.45, 2.75) is 20.0 Å². The Hall–Kier alpha value is -0.390. The molecule has 4 nitrogen and oxygen atoms in total. The van der Waals surface area contributed by atoms with Gasteiger partial charge in [-0.25, -0.2) is 0 Å². The van der Waals surface area contributed by atoms with Crippen molar-refractivity contribution in [3.05, 3.63) is 12.2 Å². The Labute approximate surface area is 73.0 Å². The van der Waals surface area contributed by atoms with Gasteiger partial charge in [-0.2, -0.15) is 8.42 Å². The van der Waals surface area contributed by atoms with Crippen LogP contribution in [-0.4, -0.2) is 31.4 Å². The molecule has 0 aliphatic rings. The van der Waals surface area contributed by atoms with E-state index in [0.29, 0.717) is 6.61 Å². The number of hydrogen-bond acceptors (Lipinski definition) is 3. The van der Waals surface area contributed by atoms with E-state index in [1.165, 1.54) is 0 Å². The summed E-state index contributed by atoms with van der Waals surface area (Å²) in [5, 5.41) is 0. The quantitative estimate of drug-likeness (QED) is 0.520. The number of ether oxygens (including phenoxy) is 1. The summed E-state index contributed by atoms with van der Waals surface area (Å²) in [4.78, 5) is 0. The minimum Gasteiger partial charge on any atom is -0.373 e. The van der Waals surface area contributed by atoms with Gasteiger partial charge in [-0.05, 0) is 13.8 Å². The van der Waals surface area contributed by atoms with Gasteiger partial charge in [0, 0.05) is 0 Å². The lowest BCUT2D eigenvalue weighted by atomic mass is 10.4. The van der Waals surface area contributed by atoms with Crippen LogP contribution < -0.4 is 0 Å². The van der Waals surface area contributed by atoms with Crippen LogP contribution in [0.1, 0.15) is 13.8 Å². The number of hydrogen-bond donors (Lipinski definition) is 1. The molecule has 0 rings (SSSR count). The van der Waals surface area contributed by atoms with E-state index in [4.69, 9.17) is 9.29 Å². The standard InChI is InChI=1S/C7H14O4S/c1-6(2)4-11-7(3)5-12(8,9)10/h7H,1,4-5H2,2-3H3,(H,8,9,10). The van der Waals surface area contributed by atoms with Crippen molar-refractivity contribution >= 4 is 10.1 Å². The molecule has 0 aromatic carbocycles. The molecule has 0 aromatic heterocycles. The molecule has 12 heavy (non-hydrogen) atoms. The molecule has 0 aliphatic heterocycles.